The van der Waals surface area contributed by atoms with Crippen molar-refractivity contribution in [2.75, 3.05) is 31.1 Å². The summed E-state index contributed by atoms with van der Waals surface area (Å²) < 4.78 is 22.6. The molecule has 0 atom stereocenters. The van der Waals surface area contributed by atoms with E-state index in [-0.39, 0.29) is 4.90 Å². The molecule has 1 fully saturated rings. The Labute approximate surface area is 158 Å². The Kier molecular flexibility index (Phi) is 5.55. The molecule has 25 heavy (non-hydrogen) atoms. The quantitative estimate of drug-likeness (QED) is 0.857. The fourth-order valence-corrected chi connectivity index (χ4v) is 3.74. The van der Waals surface area contributed by atoms with E-state index in [4.69, 9.17) is 28.3 Å². The second-order valence-electron chi connectivity index (χ2n) is 6.05. The van der Waals surface area contributed by atoms with Gasteiger partial charge in [-0.25, -0.2) is 13.6 Å². The van der Waals surface area contributed by atoms with Crippen LogP contribution in [0.2, 0.25) is 10.0 Å². The number of nitrogens with zero attached hydrogens (tertiary/aromatic N) is 2. The first-order valence-electron chi connectivity index (χ1n) is 7.87. The minimum absolute atomic E-state index is 0.134. The van der Waals surface area contributed by atoms with Gasteiger partial charge in [0.1, 0.15) is 0 Å². The average molecular weight is 400 g/mol. The van der Waals surface area contributed by atoms with Crippen LogP contribution in [0.5, 0.6) is 0 Å². The summed E-state index contributed by atoms with van der Waals surface area (Å²) in [5.41, 5.74) is 2.14. The van der Waals surface area contributed by atoms with Gasteiger partial charge in [-0.05, 0) is 42.0 Å². The van der Waals surface area contributed by atoms with Crippen LogP contribution < -0.4 is 10.0 Å². The molecule has 1 aliphatic heterocycles. The number of primary sulfonamides is 1. The molecule has 0 unspecified atom stereocenters. The second kappa shape index (κ2) is 7.51. The molecule has 0 spiro atoms. The summed E-state index contributed by atoms with van der Waals surface area (Å²) in [5.74, 6) is 0. The molecule has 2 aromatic rings. The summed E-state index contributed by atoms with van der Waals surface area (Å²) in [5, 5.41) is 6.28. The predicted molar refractivity (Wildman–Crippen MR) is 102 cm³/mol. The largest absolute Gasteiger partial charge is 0.369 e. The molecular weight excluding hydrogens is 381 g/mol. The van der Waals surface area contributed by atoms with Crippen molar-refractivity contribution in [1.29, 1.82) is 0 Å². The van der Waals surface area contributed by atoms with E-state index in [9.17, 15) is 8.42 Å². The topological polar surface area (TPSA) is 66.6 Å². The van der Waals surface area contributed by atoms with Crippen molar-refractivity contribution in [3.05, 3.63) is 58.1 Å². The number of anilines is 1. The van der Waals surface area contributed by atoms with E-state index in [1.165, 1.54) is 0 Å². The van der Waals surface area contributed by atoms with Gasteiger partial charge < -0.3 is 4.90 Å². The molecule has 2 N–H and O–H groups in total. The van der Waals surface area contributed by atoms with Crippen molar-refractivity contribution < 1.29 is 8.42 Å². The Morgan fingerprint density at radius 1 is 0.920 bits per heavy atom. The molecule has 1 heterocycles. The minimum atomic E-state index is -3.65. The third-order valence-electron chi connectivity index (χ3n) is 4.29. The lowest BCUT2D eigenvalue weighted by atomic mass is 10.2. The minimum Gasteiger partial charge on any atom is -0.369 e. The highest BCUT2D eigenvalue weighted by Gasteiger charge is 2.18. The van der Waals surface area contributed by atoms with E-state index >= 15 is 0 Å². The van der Waals surface area contributed by atoms with Crippen molar-refractivity contribution in [3.63, 3.8) is 0 Å². The van der Waals surface area contributed by atoms with Crippen molar-refractivity contribution >= 4 is 38.9 Å². The number of sulfonamides is 1. The molecular formula is C17H19Cl2N3O2S. The molecule has 1 aliphatic rings. The molecule has 0 aliphatic carbocycles. The fourth-order valence-electron chi connectivity index (χ4n) is 2.91. The molecule has 0 aromatic heterocycles. The zero-order valence-corrected chi connectivity index (χ0v) is 15.9. The number of hydrogen-bond donors (Lipinski definition) is 1. The van der Waals surface area contributed by atoms with Crippen LogP contribution in [0.1, 0.15) is 5.56 Å². The highest BCUT2D eigenvalue weighted by Crippen LogP contribution is 2.24. The average Bonchev–Trinajstić information content (AvgIpc) is 2.58. The van der Waals surface area contributed by atoms with Gasteiger partial charge in [-0.3, -0.25) is 4.90 Å². The molecule has 1 saturated heterocycles. The number of piperazine rings is 1. The summed E-state index contributed by atoms with van der Waals surface area (Å²) in [6.45, 7) is 4.40. The Bertz CT molecular complexity index is 849. The van der Waals surface area contributed by atoms with Crippen LogP contribution >= 0.6 is 23.2 Å². The second-order valence-corrected chi connectivity index (χ2v) is 8.43. The van der Waals surface area contributed by atoms with Crippen molar-refractivity contribution in [3.8, 4) is 0 Å². The lowest BCUT2D eigenvalue weighted by molar-refractivity contribution is 0.250. The first-order valence-corrected chi connectivity index (χ1v) is 10.2. The summed E-state index contributed by atoms with van der Waals surface area (Å²) in [4.78, 5) is 4.72. The van der Waals surface area contributed by atoms with E-state index in [1.807, 2.05) is 18.2 Å². The molecule has 0 bridgehead atoms. The summed E-state index contributed by atoms with van der Waals surface area (Å²) in [6.07, 6.45) is 0. The van der Waals surface area contributed by atoms with E-state index in [0.29, 0.717) is 10.0 Å². The van der Waals surface area contributed by atoms with Crippen LogP contribution in [-0.2, 0) is 16.6 Å². The molecule has 0 radical (unpaired) electrons. The van der Waals surface area contributed by atoms with Gasteiger partial charge in [-0.15, -0.1) is 0 Å². The Morgan fingerprint density at radius 2 is 1.56 bits per heavy atom. The molecule has 5 nitrogen and oxygen atoms in total. The molecule has 0 saturated carbocycles. The van der Waals surface area contributed by atoms with Crippen molar-refractivity contribution in [1.82, 2.24) is 4.90 Å². The zero-order chi connectivity index (χ0) is 18.0. The Balaban J connectivity index is 1.59. The maximum Gasteiger partial charge on any atom is 0.238 e. The zero-order valence-electron chi connectivity index (χ0n) is 13.5. The van der Waals surface area contributed by atoms with Gasteiger partial charge in [0, 0.05) is 38.4 Å². The monoisotopic (exact) mass is 399 g/mol. The summed E-state index contributed by atoms with van der Waals surface area (Å²) in [7, 11) is -3.65. The number of rotatable bonds is 4. The SMILES string of the molecule is NS(=O)(=O)c1ccc(N2CCN(Cc3ccc(Cl)c(Cl)c3)CC2)cc1. The van der Waals surface area contributed by atoms with Crippen LogP contribution in [0.3, 0.4) is 0 Å². The van der Waals surface area contributed by atoms with Crippen LogP contribution in [0.25, 0.3) is 0 Å². The van der Waals surface area contributed by atoms with Crippen LogP contribution in [0, 0.1) is 0 Å². The number of nitrogens with two attached hydrogens (primary N) is 1. The third-order valence-corrected chi connectivity index (χ3v) is 5.96. The van der Waals surface area contributed by atoms with Gasteiger partial charge in [-0.2, -0.15) is 0 Å². The van der Waals surface area contributed by atoms with Gasteiger partial charge in [0.15, 0.2) is 0 Å². The summed E-state index contributed by atoms with van der Waals surface area (Å²) in [6, 6.07) is 12.4. The van der Waals surface area contributed by atoms with Gasteiger partial charge in [0.05, 0.1) is 14.9 Å². The fraction of sp³-hybridized carbons (Fsp3) is 0.294. The van der Waals surface area contributed by atoms with E-state index in [1.54, 1.807) is 24.3 Å². The maximum atomic E-state index is 11.3. The van der Waals surface area contributed by atoms with Gasteiger partial charge in [-0.1, -0.05) is 29.3 Å². The first kappa shape index (κ1) is 18.5. The van der Waals surface area contributed by atoms with E-state index in [0.717, 1.165) is 44.0 Å². The van der Waals surface area contributed by atoms with Crippen molar-refractivity contribution in [2.45, 2.75) is 11.4 Å². The van der Waals surface area contributed by atoms with Crippen LogP contribution in [0.15, 0.2) is 47.4 Å². The highest BCUT2D eigenvalue weighted by molar-refractivity contribution is 7.89. The van der Waals surface area contributed by atoms with Crippen LogP contribution in [0.4, 0.5) is 5.69 Å². The smallest absolute Gasteiger partial charge is 0.238 e. The van der Waals surface area contributed by atoms with Gasteiger partial charge in [0.25, 0.3) is 0 Å². The molecule has 0 amide bonds. The predicted octanol–water partition coefficient (Wildman–Crippen LogP) is 2.96. The normalized spacial score (nSPS) is 16.2. The first-order chi connectivity index (χ1) is 11.8. The molecule has 134 valence electrons. The lowest BCUT2D eigenvalue weighted by Gasteiger charge is -2.36. The maximum absolute atomic E-state index is 11.3. The molecule has 3 rings (SSSR count). The van der Waals surface area contributed by atoms with Gasteiger partial charge >= 0.3 is 0 Å². The number of benzene rings is 2. The van der Waals surface area contributed by atoms with E-state index < -0.39 is 10.0 Å². The Morgan fingerprint density at radius 3 is 2.12 bits per heavy atom. The lowest BCUT2D eigenvalue weighted by Crippen LogP contribution is -2.45. The molecule has 8 heteroatoms. The summed E-state index contributed by atoms with van der Waals surface area (Å²) >= 11 is 12.0. The number of hydrogen-bond acceptors (Lipinski definition) is 4. The molecule has 2 aromatic carbocycles. The van der Waals surface area contributed by atoms with E-state index in [2.05, 4.69) is 9.80 Å². The van der Waals surface area contributed by atoms with Crippen LogP contribution in [-0.4, -0.2) is 39.5 Å². The highest BCUT2D eigenvalue weighted by atomic mass is 35.5. The third kappa shape index (κ3) is 4.65. The van der Waals surface area contributed by atoms with Crippen molar-refractivity contribution in [2.24, 2.45) is 5.14 Å². The standard InChI is InChI=1S/C17H19Cl2N3O2S/c18-16-6-1-13(11-17(16)19)12-21-7-9-22(10-8-21)14-2-4-15(5-3-14)25(20,23)24/h1-6,11H,7-10,12H2,(H2,20,23,24). The Hall–Kier alpha value is -1.31. The van der Waals surface area contributed by atoms with Gasteiger partial charge in [0.2, 0.25) is 10.0 Å². The number of halogens is 2.